The van der Waals surface area contributed by atoms with Crippen LogP contribution >= 0.6 is 0 Å². The number of hydrogen-bond acceptors (Lipinski definition) is 8. The van der Waals surface area contributed by atoms with Gasteiger partial charge >= 0.3 is 6.61 Å². The Morgan fingerprint density at radius 3 is 2.50 bits per heavy atom. The summed E-state index contributed by atoms with van der Waals surface area (Å²) in [5, 5.41) is 13.6. The number of piperazine rings is 1. The summed E-state index contributed by atoms with van der Waals surface area (Å²) in [7, 11) is 1.62. The third kappa shape index (κ3) is 4.89. The lowest BCUT2D eigenvalue weighted by Gasteiger charge is -2.35. The number of alkyl halides is 2. The Balaban J connectivity index is 1.30. The minimum absolute atomic E-state index is 0.0494. The van der Waals surface area contributed by atoms with E-state index in [0.29, 0.717) is 22.2 Å². The molecule has 4 aromatic rings. The summed E-state index contributed by atoms with van der Waals surface area (Å²) in [6, 6.07) is 11.2. The molecule has 0 aliphatic carbocycles. The first kappa shape index (κ1) is 23.4. The molecule has 0 bridgehead atoms. The number of anilines is 1. The summed E-state index contributed by atoms with van der Waals surface area (Å²) < 4.78 is 36.8. The molecule has 36 heavy (non-hydrogen) atoms. The van der Waals surface area contributed by atoms with Crippen molar-refractivity contribution >= 4 is 11.3 Å². The van der Waals surface area contributed by atoms with Crippen LogP contribution in [0, 0.1) is 11.3 Å². The van der Waals surface area contributed by atoms with Gasteiger partial charge in [-0.2, -0.15) is 19.1 Å². The maximum absolute atomic E-state index is 12.8. The van der Waals surface area contributed by atoms with Crippen LogP contribution in [0.4, 0.5) is 14.6 Å². The smallest absolute Gasteiger partial charge is 0.387 e. The number of nitriles is 1. The number of hydrogen-bond donors (Lipinski definition) is 0. The van der Waals surface area contributed by atoms with Crippen molar-refractivity contribution < 1.29 is 18.3 Å². The lowest BCUT2D eigenvalue weighted by molar-refractivity contribution is -0.0501. The molecule has 5 rings (SSSR count). The van der Waals surface area contributed by atoms with Crippen molar-refractivity contribution in [2.45, 2.75) is 13.2 Å². The molecule has 184 valence electrons. The lowest BCUT2D eigenvalue weighted by atomic mass is 10.1. The van der Waals surface area contributed by atoms with Gasteiger partial charge in [-0.1, -0.05) is 0 Å². The number of pyridine rings is 3. The third-order valence-corrected chi connectivity index (χ3v) is 6.11. The Hall–Kier alpha value is -4.30. The Kier molecular flexibility index (Phi) is 6.60. The molecule has 0 amide bonds. The van der Waals surface area contributed by atoms with Crippen molar-refractivity contribution in [2.24, 2.45) is 0 Å². The summed E-state index contributed by atoms with van der Waals surface area (Å²) in [6.07, 6.45) is 6.13. The molecule has 0 atom stereocenters. The van der Waals surface area contributed by atoms with Gasteiger partial charge in [0.2, 0.25) is 0 Å². The highest BCUT2D eigenvalue weighted by Gasteiger charge is 2.20. The van der Waals surface area contributed by atoms with Crippen LogP contribution in [0.5, 0.6) is 11.5 Å². The predicted octanol–water partition coefficient (Wildman–Crippen LogP) is 3.60. The van der Waals surface area contributed by atoms with Gasteiger partial charge in [-0.05, 0) is 30.3 Å². The molecular weight excluding hydrogens is 468 g/mol. The monoisotopic (exact) mass is 491 g/mol. The fourth-order valence-corrected chi connectivity index (χ4v) is 4.29. The van der Waals surface area contributed by atoms with Gasteiger partial charge in [0.05, 0.1) is 42.5 Å². The van der Waals surface area contributed by atoms with Gasteiger partial charge in [0.15, 0.2) is 0 Å². The van der Waals surface area contributed by atoms with Crippen LogP contribution in [0.2, 0.25) is 0 Å². The quantitative estimate of drug-likeness (QED) is 0.387. The number of aromatic nitrogens is 4. The van der Waals surface area contributed by atoms with Crippen molar-refractivity contribution in [1.29, 1.82) is 5.26 Å². The molecule has 0 unspecified atom stereocenters. The molecular formula is C25H23F2N7O2. The molecule has 5 heterocycles. The van der Waals surface area contributed by atoms with Crippen molar-refractivity contribution in [2.75, 3.05) is 38.2 Å². The highest BCUT2D eigenvalue weighted by molar-refractivity contribution is 5.85. The van der Waals surface area contributed by atoms with Gasteiger partial charge in [-0.15, -0.1) is 0 Å². The maximum atomic E-state index is 12.8. The SMILES string of the molecule is COc1ccc(CN2CCN(c3ccc(-c4cc(OC(F)F)cn5ncc(C#N)c45)cn3)CC2)nc1. The van der Waals surface area contributed by atoms with Gasteiger partial charge in [-0.3, -0.25) is 9.88 Å². The zero-order chi connectivity index (χ0) is 25.1. The van der Waals surface area contributed by atoms with Gasteiger partial charge in [-0.25, -0.2) is 9.50 Å². The second kappa shape index (κ2) is 10.1. The molecule has 1 aliphatic heterocycles. The maximum Gasteiger partial charge on any atom is 0.387 e. The Bertz CT molecular complexity index is 1380. The van der Waals surface area contributed by atoms with Crippen molar-refractivity contribution in [3.8, 4) is 28.7 Å². The molecule has 0 radical (unpaired) electrons. The molecule has 1 aliphatic rings. The molecule has 11 heteroatoms. The molecule has 0 saturated carbocycles. The van der Waals surface area contributed by atoms with Crippen LogP contribution in [0.15, 0.2) is 55.1 Å². The van der Waals surface area contributed by atoms with E-state index in [4.69, 9.17) is 4.74 Å². The predicted molar refractivity (Wildman–Crippen MR) is 128 cm³/mol. The van der Waals surface area contributed by atoms with E-state index in [-0.39, 0.29) is 5.75 Å². The van der Waals surface area contributed by atoms with E-state index in [9.17, 15) is 14.0 Å². The number of fused-ring (bicyclic) bond motifs is 1. The van der Waals surface area contributed by atoms with Gasteiger partial charge in [0.25, 0.3) is 0 Å². The largest absolute Gasteiger partial charge is 0.495 e. The van der Waals surface area contributed by atoms with Crippen LogP contribution in [-0.4, -0.2) is 64.4 Å². The Morgan fingerprint density at radius 2 is 1.86 bits per heavy atom. The first-order valence-corrected chi connectivity index (χ1v) is 11.3. The van der Waals surface area contributed by atoms with Crippen LogP contribution in [0.25, 0.3) is 16.6 Å². The van der Waals surface area contributed by atoms with Crippen molar-refractivity contribution in [3.05, 3.63) is 66.4 Å². The summed E-state index contributed by atoms with van der Waals surface area (Å²) in [5.41, 5.74) is 3.05. The van der Waals surface area contributed by atoms with Crippen molar-refractivity contribution in [1.82, 2.24) is 24.5 Å². The van der Waals surface area contributed by atoms with Gasteiger partial charge in [0, 0.05) is 50.0 Å². The molecule has 1 saturated heterocycles. The average Bonchev–Trinajstić information content (AvgIpc) is 3.32. The number of nitrogens with zero attached hydrogens (tertiary/aromatic N) is 7. The van der Waals surface area contributed by atoms with E-state index in [2.05, 4.69) is 35.7 Å². The summed E-state index contributed by atoms with van der Waals surface area (Å²) in [5.74, 6) is 1.52. The fourth-order valence-electron chi connectivity index (χ4n) is 4.29. The number of rotatable bonds is 7. The Labute approximate surface area is 206 Å². The topological polar surface area (TPSA) is 91.8 Å². The summed E-state index contributed by atoms with van der Waals surface area (Å²) in [6.45, 7) is 1.15. The second-order valence-electron chi connectivity index (χ2n) is 8.29. The molecule has 4 aromatic heterocycles. The van der Waals surface area contributed by atoms with Crippen LogP contribution in [0.3, 0.4) is 0 Å². The summed E-state index contributed by atoms with van der Waals surface area (Å²) in [4.78, 5) is 13.6. The van der Waals surface area contributed by atoms with Gasteiger partial charge in [0.1, 0.15) is 23.4 Å². The van der Waals surface area contributed by atoms with E-state index < -0.39 is 6.61 Å². The number of ether oxygens (including phenoxy) is 2. The number of halogens is 2. The van der Waals surface area contributed by atoms with E-state index in [1.807, 2.05) is 24.3 Å². The highest BCUT2D eigenvalue weighted by atomic mass is 19.3. The zero-order valence-electron chi connectivity index (χ0n) is 19.5. The number of methoxy groups -OCH3 is 1. The lowest BCUT2D eigenvalue weighted by Crippen LogP contribution is -2.46. The van der Waals surface area contributed by atoms with Crippen LogP contribution < -0.4 is 14.4 Å². The molecule has 9 nitrogen and oxygen atoms in total. The van der Waals surface area contributed by atoms with E-state index in [1.54, 1.807) is 19.5 Å². The van der Waals surface area contributed by atoms with E-state index in [1.165, 1.54) is 23.0 Å². The molecule has 1 fully saturated rings. The van der Waals surface area contributed by atoms with Crippen LogP contribution in [0.1, 0.15) is 11.3 Å². The van der Waals surface area contributed by atoms with Crippen LogP contribution in [-0.2, 0) is 6.54 Å². The molecule has 0 N–H and O–H groups in total. The first-order chi connectivity index (χ1) is 17.5. The van der Waals surface area contributed by atoms with E-state index >= 15 is 0 Å². The van der Waals surface area contributed by atoms with E-state index in [0.717, 1.165) is 50.0 Å². The second-order valence-corrected chi connectivity index (χ2v) is 8.29. The minimum Gasteiger partial charge on any atom is -0.495 e. The average molecular weight is 492 g/mol. The summed E-state index contributed by atoms with van der Waals surface area (Å²) >= 11 is 0. The Morgan fingerprint density at radius 1 is 1.03 bits per heavy atom. The standard InChI is InChI=1S/C25H23F2N7O2/c1-35-20-4-3-19(29-14-20)15-32-6-8-33(9-7-32)23-5-2-17(12-30-23)22-10-21(36-25(26)27)16-34-24(22)18(11-28)13-31-34/h2-5,10,12-14,16,25H,6-9,15H2,1H3. The minimum atomic E-state index is -2.97. The first-order valence-electron chi connectivity index (χ1n) is 11.3. The fraction of sp³-hybridized carbons (Fsp3) is 0.280. The van der Waals surface area contributed by atoms with Gasteiger partial charge < -0.3 is 14.4 Å². The normalized spacial score (nSPS) is 14.2. The highest BCUT2D eigenvalue weighted by Crippen LogP contribution is 2.32. The third-order valence-electron chi connectivity index (χ3n) is 6.11. The zero-order valence-corrected chi connectivity index (χ0v) is 19.5. The molecule has 0 aromatic carbocycles. The van der Waals surface area contributed by atoms with Crippen molar-refractivity contribution in [3.63, 3.8) is 0 Å². The molecule has 0 spiro atoms.